The summed E-state index contributed by atoms with van der Waals surface area (Å²) in [6.45, 7) is 3.72. The number of unbranched alkanes of at least 4 members (excludes halogenated alkanes) is 1. The molecule has 4 aromatic carbocycles. The second kappa shape index (κ2) is 28.9. The molecule has 0 aliphatic carbocycles. The Morgan fingerprint density at radius 2 is 1.24 bits per heavy atom. The summed E-state index contributed by atoms with van der Waals surface area (Å²) in [6, 6.07) is 20.0. The number of para-hydroxylation sites is 2. The number of aromatic amines is 2. The first-order valence-corrected chi connectivity index (χ1v) is 29.0. The molecule has 0 spiro atoms. The van der Waals surface area contributed by atoms with Gasteiger partial charge in [0.25, 0.3) is 0 Å². The number of benzene rings is 4. The third kappa shape index (κ3) is 16.6. The van der Waals surface area contributed by atoms with E-state index in [1.54, 1.807) is 38.4 Å². The van der Waals surface area contributed by atoms with Crippen molar-refractivity contribution in [1.29, 1.82) is 5.41 Å². The molecule has 8 atom stereocenters. The number of hydrogen-bond acceptors (Lipinski definition) is 13. The van der Waals surface area contributed by atoms with Gasteiger partial charge in [0.15, 0.2) is 0 Å². The van der Waals surface area contributed by atoms with Gasteiger partial charge in [0.05, 0.1) is 12.1 Å². The maximum Gasteiger partial charge on any atom is 0.244 e. The first-order valence-electron chi connectivity index (χ1n) is 26.6. The normalized spacial score (nSPS) is 20.8. The Kier molecular flexibility index (Phi) is 21.6. The number of nitrogens with two attached hydrogens (primary N) is 3. The predicted octanol–water partition coefficient (Wildman–Crippen LogP) is 2.46. The lowest BCUT2D eigenvalue weighted by atomic mass is 10.00. The number of rotatable bonds is 18. The maximum atomic E-state index is 14.9. The lowest BCUT2D eigenvalue weighted by Gasteiger charge is -2.29. The van der Waals surface area contributed by atoms with E-state index in [4.69, 9.17) is 22.6 Å². The Balaban J connectivity index is 1.25. The molecule has 2 aromatic heterocycles. The zero-order chi connectivity index (χ0) is 57.3. The lowest BCUT2D eigenvalue weighted by molar-refractivity contribution is -0.135. The highest BCUT2D eigenvalue weighted by Crippen LogP contribution is 2.25. The van der Waals surface area contributed by atoms with Crippen LogP contribution >= 0.6 is 21.6 Å². The molecule has 0 radical (unpaired) electrons. The number of phenols is 1. The summed E-state index contributed by atoms with van der Waals surface area (Å²) in [5, 5.41) is 40.1. The van der Waals surface area contributed by atoms with Crippen LogP contribution in [0.25, 0.3) is 21.8 Å². The molecule has 80 heavy (non-hydrogen) atoms. The number of fused-ring (bicyclic) bond motifs is 2. The lowest BCUT2D eigenvalue weighted by Crippen LogP contribution is -2.61. The van der Waals surface area contributed by atoms with Crippen molar-refractivity contribution in [2.45, 2.75) is 107 Å². The van der Waals surface area contributed by atoms with E-state index in [0.29, 0.717) is 30.5 Å². The molecule has 7 amide bonds. The summed E-state index contributed by atoms with van der Waals surface area (Å²) in [5.41, 5.74) is 22.8. The molecule has 7 rings (SSSR count). The standard InChI is InChI=1S/C57H71N13O8S2/c1-32(2)49-57(78)69-48(55(76)65-44(50(60)61)26-35-28-62-41-16-8-6-14-38(35)41)31-80-79-30-47(68-51(72)40(59)24-33-12-4-3-5-13-33)56(77)66-45(25-34-19-21-37(71)22-20-34)53(74)67-46(27-36-29-63-42-17-9-7-15-39(36)42)54(75)64-43(52(73)70-49)18-10-11-23-58/h3-9,12-17,19-22,28-29,32,40,43-49,62-63,71H,10-11,18,23-27,30-31,58-59H2,1-2H3,(H3,60,61)(H,64,75)(H,65,76)(H,66,77)(H,67,74)(H,68,72)(H,69,78)(H,70,73)/t40-,43+,44+,45+,46?,47?,48?,49?/m1/s1. The number of H-pyrrole nitrogens is 2. The van der Waals surface area contributed by atoms with Gasteiger partial charge in [0.2, 0.25) is 41.4 Å². The van der Waals surface area contributed by atoms with Gasteiger partial charge in [-0.15, -0.1) is 0 Å². The van der Waals surface area contributed by atoms with Crippen LogP contribution in [0.2, 0.25) is 0 Å². The van der Waals surface area contributed by atoms with Crippen LogP contribution in [-0.4, -0.2) is 129 Å². The van der Waals surface area contributed by atoms with Gasteiger partial charge in [-0.2, -0.15) is 0 Å². The van der Waals surface area contributed by atoms with E-state index in [1.165, 1.54) is 12.1 Å². The van der Waals surface area contributed by atoms with E-state index >= 15 is 0 Å². The monoisotopic (exact) mass is 1130 g/mol. The minimum atomic E-state index is -1.39. The average Bonchev–Trinajstić information content (AvgIpc) is 4.06. The van der Waals surface area contributed by atoms with E-state index in [2.05, 4.69) is 47.2 Å². The number of amides is 7. The Labute approximate surface area is 471 Å². The van der Waals surface area contributed by atoms with Crippen LogP contribution in [0.4, 0.5) is 0 Å². The molecule has 0 bridgehead atoms. The molecule has 0 saturated carbocycles. The van der Waals surface area contributed by atoms with Crippen LogP contribution in [0, 0.1) is 11.3 Å². The third-order valence-corrected chi connectivity index (χ3v) is 16.2. The first kappa shape index (κ1) is 59.8. The van der Waals surface area contributed by atoms with Crippen molar-refractivity contribution >= 4 is 90.6 Å². The highest BCUT2D eigenvalue weighted by Gasteiger charge is 2.36. The van der Waals surface area contributed by atoms with E-state index in [1.807, 2.05) is 78.9 Å². The van der Waals surface area contributed by atoms with Crippen molar-refractivity contribution in [1.82, 2.24) is 47.2 Å². The van der Waals surface area contributed by atoms with Crippen LogP contribution < -0.4 is 54.4 Å². The summed E-state index contributed by atoms with van der Waals surface area (Å²) in [4.78, 5) is 108. The first-order chi connectivity index (χ1) is 38.5. The van der Waals surface area contributed by atoms with Gasteiger partial charge in [-0.25, -0.2) is 0 Å². The minimum Gasteiger partial charge on any atom is -0.508 e. The van der Waals surface area contributed by atoms with Gasteiger partial charge < -0.3 is 69.5 Å². The van der Waals surface area contributed by atoms with E-state index in [0.717, 1.165) is 54.5 Å². The summed E-state index contributed by atoms with van der Waals surface area (Å²) in [6.07, 6.45) is 4.55. The van der Waals surface area contributed by atoms with E-state index in [-0.39, 0.29) is 55.2 Å². The largest absolute Gasteiger partial charge is 0.508 e. The second-order valence-corrected chi connectivity index (χ2v) is 22.8. The summed E-state index contributed by atoms with van der Waals surface area (Å²) < 4.78 is 0. The summed E-state index contributed by atoms with van der Waals surface area (Å²) in [7, 11) is 2.18. The number of carbonyl (C=O) groups excluding carboxylic acids is 7. The molecular weight excluding hydrogens is 1060 g/mol. The topological polar surface area (TPSA) is 357 Å². The van der Waals surface area contributed by atoms with Gasteiger partial charge in [0, 0.05) is 65.0 Å². The zero-order valence-electron chi connectivity index (χ0n) is 44.6. The maximum absolute atomic E-state index is 14.9. The fourth-order valence-corrected chi connectivity index (χ4v) is 11.6. The number of aromatic hydroxyl groups is 1. The quantitative estimate of drug-likeness (QED) is 0.0255. The molecule has 1 aliphatic heterocycles. The molecule has 6 aromatic rings. The SMILES string of the molecule is CC(C)C1NC(=O)[C@H](CCCCN)NC(=O)C(Cc2c[nH]c3ccccc23)NC(=O)[C@H](Cc2ccc(O)cc2)NC(=O)C(NC(=O)[C@H](N)Cc2ccccc2)CSSCC(C(=O)N[C@@H](Cc2c[nH]c3ccccc23)C(=N)N)NC1=O. The third-order valence-electron chi connectivity index (χ3n) is 13.8. The molecule has 4 unspecified atom stereocenters. The number of nitrogens with one attached hydrogen (secondary N) is 10. The van der Waals surface area contributed by atoms with Gasteiger partial charge in [-0.1, -0.05) is 114 Å². The van der Waals surface area contributed by atoms with Crippen LogP contribution in [0.15, 0.2) is 116 Å². The van der Waals surface area contributed by atoms with Crippen LogP contribution in [0.5, 0.6) is 5.75 Å². The highest BCUT2D eigenvalue weighted by atomic mass is 33.1. The number of phenolic OH excluding ortho intramolecular Hbond substituents is 1. The van der Waals surface area contributed by atoms with Crippen LogP contribution in [-0.2, 0) is 59.2 Å². The van der Waals surface area contributed by atoms with Crippen LogP contribution in [0.3, 0.4) is 0 Å². The smallest absolute Gasteiger partial charge is 0.244 e. The average molecular weight is 1130 g/mol. The van der Waals surface area contributed by atoms with Gasteiger partial charge >= 0.3 is 0 Å². The Morgan fingerprint density at radius 1 is 0.662 bits per heavy atom. The van der Waals surface area contributed by atoms with Crippen molar-refractivity contribution in [3.8, 4) is 5.75 Å². The fourth-order valence-electron chi connectivity index (χ4n) is 9.30. The number of amidine groups is 1. The Morgan fingerprint density at radius 3 is 1.89 bits per heavy atom. The Bertz CT molecular complexity index is 3120. The van der Waals surface area contributed by atoms with E-state index < -0.39 is 95.6 Å². The molecule has 424 valence electrons. The number of aromatic nitrogens is 2. The number of hydrogen-bond donors (Lipinski definition) is 14. The van der Waals surface area contributed by atoms with Gasteiger partial charge in [-0.3, -0.25) is 39.0 Å². The molecule has 1 saturated heterocycles. The van der Waals surface area contributed by atoms with Gasteiger partial charge in [-0.05, 0) is 84.7 Å². The van der Waals surface area contributed by atoms with Gasteiger partial charge in [0.1, 0.15) is 47.8 Å². The highest BCUT2D eigenvalue weighted by molar-refractivity contribution is 8.76. The van der Waals surface area contributed by atoms with Crippen molar-refractivity contribution in [2.75, 3.05) is 18.1 Å². The molecule has 1 fully saturated rings. The summed E-state index contributed by atoms with van der Waals surface area (Å²) in [5.74, 6) is -6.31. The zero-order valence-corrected chi connectivity index (χ0v) is 46.2. The molecule has 1 aliphatic rings. The molecule has 17 N–H and O–H groups in total. The second-order valence-electron chi connectivity index (χ2n) is 20.2. The summed E-state index contributed by atoms with van der Waals surface area (Å²) >= 11 is 0. The molecule has 23 heteroatoms. The van der Waals surface area contributed by atoms with Crippen molar-refractivity contribution in [3.63, 3.8) is 0 Å². The van der Waals surface area contributed by atoms with Crippen LogP contribution in [0.1, 0.15) is 55.4 Å². The van der Waals surface area contributed by atoms with Crippen molar-refractivity contribution in [3.05, 3.63) is 138 Å². The molecule has 3 heterocycles. The fraction of sp³-hybridized carbons (Fsp3) is 0.368. The molecule has 21 nitrogen and oxygen atoms in total. The van der Waals surface area contributed by atoms with Crippen molar-refractivity contribution in [2.24, 2.45) is 23.1 Å². The Hall–Kier alpha value is -7.86. The number of carbonyl (C=O) groups is 7. The van der Waals surface area contributed by atoms with Crippen molar-refractivity contribution < 1.29 is 38.7 Å². The van der Waals surface area contributed by atoms with E-state index in [9.17, 15) is 38.7 Å². The minimum absolute atomic E-state index is 0.0359. The molecular formula is C57H71N13O8S2. The predicted molar refractivity (Wildman–Crippen MR) is 312 cm³/mol.